The largest absolute Gasteiger partial charge is 0.493 e. The second-order valence-electron chi connectivity index (χ2n) is 9.08. The Kier molecular flexibility index (Phi) is 9.03. The van der Waals surface area contributed by atoms with Crippen molar-refractivity contribution in [2.75, 3.05) is 26.8 Å². The minimum atomic E-state index is -0.386. The number of hydrogen-bond acceptors (Lipinski definition) is 5. The zero-order valence-electron chi connectivity index (χ0n) is 19.7. The molecule has 3 rings (SSSR count). The van der Waals surface area contributed by atoms with E-state index in [9.17, 15) is 9.18 Å². The summed E-state index contributed by atoms with van der Waals surface area (Å²) in [5, 5.41) is 8.37. The minimum Gasteiger partial charge on any atom is -0.493 e. The van der Waals surface area contributed by atoms with E-state index < -0.39 is 0 Å². The fraction of sp³-hybridized carbons (Fsp3) is 0.440. The zero-order valence-corrected chi connectivity index (χ0v) is 21.4. The van der Waals surface area contributed by atoms with Crippen molar-refractivity contribution in [1.82, 2.24) is 4.90 Å². The van der Waals surface area contributed by atoms with Crippen LogP contribution in [0.25, 0.3) is 0 Å². The molecule has 0 saturated heterocycles. The van der Waals surface area contributed by atoms with Crippen LogP contribution in [0.3, 0.4) is 0 Å². The molecule has 0 atom stereocenters. The molecule has 0 saturated carbocycles. The van der Waals surface area contributed by atoms with Crippen LogP contribution >= 0.6 is 17.0 Å². The number of carbonyl (C=O) groups excluding carboxylic acids is 1. The third-order valence-electron chi connectivity index (χ3n) is 5.58. The van der Waals surface area contributed by atoms with Gasteiger partial charge in [0.25, 0.3) is 0 Å². The molecule has 1 aliphatic heterocycles. The van der Waals surface area contributed by atoms with E-state index in [0.29, 0.717) is 42.3 Å². The highest BCUT2D eigenvalue weighted by atomic mass is 79.9. The molecule has 2 aromatic rings. The number of nitrogens with zero attached hydrogens (tertiary/aromatic N) is 1. The van der Waals surface area contributed by atoms with Crippen LogP contribution in [0.15, 0.2) is 30.3 Å². The van der Waals surface area contributed by atoms with Crippen LogP contribution in [-0.2, 0) is 12.0 Å². The quantitative estimate of drug-likeness (QED) is 0.363. The van der Waals surface area contributed by atoms with E-state index in [1.165, 1.54) is 12.1 Å². The molecule has 0 fully saturated rings. The Balaban J connectivity index is 0.00000385. The fourth-order valence-electron chi connectivity index (χ4n) is 3.83. The summed E-state index contributed by atoms with van der Waals surface area (Å²) >= 11 is 0. The molecule has 0 radical (unpaired) electrons. The molecule has 2 aromatic carbocycles. The van der Waals surface area contributed by atoms with E-state index in [1.807, 2.05) is 6.07 Å². The highest BCUT2D eigenvalue weighted by Crippen LogP contribution is 2.40. The Morgan fingerprint density at radius 2 is 1.94 bits per heavy atom. The standard InChI is InChI=1S/C25H32FN3O3.BrH/c1-25(2,3)20-11-17(12-22(23(20)31-4)32-10-6-5-9-27)21(30)15-29-14-16-7-8-18(26)13-19(16)24(29)28;/h7-8,11-13,28H,5-6,9-10,14-15,27H2,1-4H3;1H. The van der Waals surface area contributed by atoms with Crippen LogP contribution in [0, 0.1) is 11.2 Å². The number of fused-ring (bicyclic) bond motifs is 1. The highest BCUT2D eigenvalue weighted by molar-refractivity contribution is 8.93. The number of halogens is 2. The fourth-order valence-corrected chi connectivity index (χ4v) is 3.83. The number of amidine groups is 1. The smallest absolute Gasteiger partial charge is 0.182 e. The Labute approximate surface area is 205 Å². The van der Waals surface area contributed by atoms with Gasteiger partial charge in [0, 0.05) is 23.2 Å². The average molecular weight is 522 g/mol. The molecule has 1 heterocycles. The number of Topliss-reactive ketones (excluding diaryl/α,β-unsaturated/α-hetero) is 1. The second kappa shape index (κ2) is 11.1. The lowest BCUT2D eigenvalue weighted by molar-refractivity contribution is 0.0962. The van der Waals surface area contributed by atoms with Gasteiger partial charge in [-0.05, 0) is 54.6 Å². The van der Waals surface area contributed by atoms with Crippen molar-refractivity contribution in [3.63, 3.8) is 0 Å². The third kappa shape index (κ3) is 6.12. The van der Waals surface area contributed by atoms with Crippen molar-refractivity contribution in [3.8, 4) is 11.5 Å². The van der Waals surface area contributed by atoms with Crippen molar-refractivity contribution in [2.45, 2.75) is 45.6 Å². The predicted molar refractivity (Wildman–Crippen MR) is 134 cm³/mol. The van der Waals surface area contributed by atoms with Gasteiger partial charge in [-0.15, -0.1) is 17.0 Å². The van der Waals surface area contributed by atoms with Crippen LogP contribution in [0.5, 0.6) is 11.5 Å². The summed E-state index contributed by atoms with van der Waals surface area (Å²) in [6.45, 7) is 7.67. The molecule has 0 amide bonds. The van der Waals surface area contributed by atoms with Crippen LogP contribution in [0.4, 0.5) is 4.39 Å². The van der Waals surface area contributed by atoms with Crippen LogP contribution in [0.1, 0.15) is 60.7 Å². The number of nitrogens with one attached hydrogen (secondary N) is 1. The number of carbonyl (C=O) groups is 1. The van der Waals surface area contributed by atoms with Gasteiger partial charge in [0.15, 0.2) is 17.3 Å². The second-order valence-corrected chi connectivity index (χ2v) is 9.08. The molecule has 0 bridgehead atoms. The molecule has 0 aromatic heterocycles. The molecule has 180 valence electrons. The molecule has 6 nitrogen and oxygen atoms in total. The summed E-state index contributed by atoms with van der Waals surface area (Å²) in [6, 6.07) is 7.96. The number of hydrogen-bond donors (Lipinski definition) is 2. The van der Waals surface area contributed by atoms with Gasteiger partial charge in [-0.25, -0.2) is 4.39 Å². The number of ketones is 1. The Bertz CT molecular complexity index is 1020. The van der Waals surface area contributed by atoms with E-state index in [0.717, 1.165) is 24.0 Å². The van der Waals surface area contributed by atoms with Crippen molar-refractivity contribution in [3.05, 3.63) is 58.4 Å². The van der Waals surface area contributed by atoms with Gasteiger partial charge >= 0.3 is 0 Å². The van der Waals surface area contributed by atoms with Crippen LogP contribution in [0.2, 0.25) is 0 Å². The summed E-state index contributed by atoms with van der Waals surface area (Å²) in [7, 11) is 1.60. The van der Waals surface area contributed by atoms with E-state index in [2.05, 4.69) is 20.8 Å². The van der Waals surface area contributed by atoms with E-state index in [4.69, 9.17) is 20.6 Å². The summed E-state index contributed by atoms with van der Waals surface area (Å²) in [5.74, 6) is 0.794. The van der Waals surface area contributed by atoms with E-state index in [1.54, 1.807) is 24.1 Å². The van der Waals surface area contributed by atoms with E-state index in [-0.39, 0.29) is 46.4 Å². The Morgan fingerprint density at radius 3 is 2.58 bits per heavy atom. The Hall–Kier alpha value is -2.45. The van der Waals surface area contributed by atoms with Crippen LogP contribution < -0.4 is 15.2 Å². The van der Waals surface area contributed by atoms with Crippen molar-refractivity contribution in [1.29, 1.82) is 5.41 Å². The third-order valence-corrected chi connectivity index (χ3v) is 5.58. The lowest BCUT2D eigenvalue weighted by atomic mass is 9.84. The first-order valence-electron chi connectivity index (χ1n) is 10.9. The first kappa shape index (κ1) is 26.8. The number of methoxy groups -OCH3 is 1. The molecule has 0 spiro atoms. The first-order valence-corrected chi connectivity index (χ1v) is 10.9. The minimum absolute atomic E-state index is 0. The van der Waals surface area contributed by atoms with Crippen molar-refractivity contribution in [2.24, 2.45) is 5.73 Å². The van der Waals surface area contributed by atoms with Gasteiger partial charge in [0.05, 0.1) is 20.3 Å². The summed E-state index contributed by atoms with van der Waals surface area (Å²) < 4.78 is 25.2. The predicted octanol–water partition coefficient (Wildman–Crippen LogP) is 4.85. The van der Waals surface area contributed by atoms with Gasteiger partial charge in [0.1, 0.15) is 11.7 Å². The van der Waals surface area contributed by atoms with Gasteiger partial charge in [-0.1, -0.05) is 26.8 Å². The van der Waals surface area contributed by atoms with Gasteiger partial charge in [0.2, 0.25) is 0 Å². The maximum Gasteiger partial charge on any atom is 0.182 e. The maximum atomic E-state index is 13.6. The zero-order chi connectivity index (χ0) is 23.5. The van der Waals surface area contributed by atoms with E-state index >= 15 is 0 Å². The number of ether oxygens (including phenoxy) is 2. The summed E-state index contributed by atoms with van der Waals surface area (Å²) in [5.41, 5.74) is 8.05. The number of benzene rings is 2. The number of nitrogens with two attached hydrogens (primary N) is 1. The molecule has 8 heteroatoms. The Morgan fingerprint density at radius 1 is 1.21 bits per heavy atom. The molecule has 0 unspecified atom stereocenters. The molecule has 33 heavy (non-hydrogen) atoms. The monoisotopic (exact) mass is 521 g/mol. The summed E-state index contributed by atoms with van der Waals surface area (Å²) in [6.07, 6.45) is 1.66. The van der Waals surface area contributed by atoms with Crippen molar-refractivity contribution < 1.29 is 18.7 Å². The lowest BCUT2D eigenvalue weighted by Crippen LogP contribution is -2.30. The van der Waals surface area contributed by atoms with Crippen molar-refractivity contribution >= 4 is 28.6 Å². The summed E-state index contributed by atoms with van der Waals surface area (Å²) in [4.78, 5) is 14.9. The maximum absolute atomic E-state index is 13.6. The van der Waals surface area contributed by atoms with Gasteiger partial charge in [-0.3, -0.25) is 10.2 Å². The highest BCUT2D eigenvalue weighted by Gasteiger charge is 2.29. The van der Waals surface area contributed by atoms with Gasteiger partial charge < -0.3 is 20.1 Å². The van der Waals surface area contributed by atoms with Gasteiger partial charge in [-0.2, -0.15) is 0 Å². The van der Waals surface area contributed by atoms with Crippen LogP contribution in [-0.4, -0.2) is 43.3 Å². The number of unbranched alkanes of at least 4 members (excludes halogenated alkanes) is 1. The molecule has 3 N–H and O–H groups in total. The average Bonchev–Trinajstić information content (AvgIpc) is 3.04. The normalized spacial score (nSPS) is 12.9. The number of rotatable bonds is 9. The topological polar surface area (TPSA) is 88.6 Å². The molecular formula is C25H33BrFN3O3. The SMILES string of the molecule is Br.COc1c(OCCCCN)cc(C(=O)CN2Cc3ccc(F)cc3C2=N)cc1C(C)(C)C. The molecule has 0 aliphatic carbocycles. The first-order chi connectivity index (χ1) is 15.2. The molecule has 1 aliphatic rings. The molecular weight excluding hydrogens is 489 g/mol. The lowest BCUT2D eigenvalue weighted by Gasteiger charge is -2.25.